The lowest BCUT2D eigenvalue weighted by molar-refractivity contribution is -0.116. The Morgan fingerprint density at radius 3 is 2.67 bits per heavy atom. The highest BCUT2D eigenvalue weighted by molar-refractivity contribution is 5.90. The van der Waals surface area contributed by atoms with Gasteiger partial charge in [-0.25, -0.2) is 0 Å². The topological polar surface area (TPSA) is 62.1 Å². The van der Waals surface area contributed by atoms with Crippen molar-refractivity contribution < 1.29 is 9.53 Å². The van der Waals surface area contributed by atoms with Crippen molar-refractivity contribution in [3.8, 4) is 11.8 Å². The molecule has 1 amide bonds. The number of hydrogen-bond donors (Lipinski definition) is 1. The van der Waals surface area contributed by atoms with Gasteiger partial charge in [0.05, 0.1) is 0 Å². The molecule has 4 heteroatoms. The van der Waals surface area contributed by atoms with E-state index < -0.39 is 0 Å². The summed E-state index contributed by atoms with van der Waals surface area (Å²) >= 11 is 0. The summed E-state index contributed by atoms with van der Waals surface area (Å²) in [6, 6.07) is 8.91. The van der Waals surface area contributed by atoms with Gasteiger partial charge in [-0.15, -0.1) is 0 Å². The van der Waals surface area contributed by atoms with Crippen molar-refractivity contribution in [2.75, 3.05) is 11.9 Å². The number of unbranched alkanes of at least 4 members (excludes halogenated alkanes) is 2. The van der Waals surface area contributed by atoms with E-state index in [4.69, 9.17) is 10.00 Å². The van der Waals surface area contributed by atoms with Crippen LogP contribution in [0.25, 0.3) is 0 Å². The molecular weight excluding hydrogens is 228 g/mol. The molecule has 0 fully saturated rings. The molecule has 0 aliphatic heterocycles. The first-order chi connectivity index (χ1) is 8.76. The minimum atomic E-state index is 0.0305. The molecule has 0 aromatic heterocycles. The quantitative estimate of drug-likeness (QED) is 0.752. The van der Waals surface area contributed by atoms with Crippen LogP contribution in [-0.4, -0.2) is 12.5 Å². The molecule has 1 aromatic carbocycles. The zero-order valence-corrected chi connectivity index (χ0v) is 10.6. The van der Waals surface area contributed by atoms with Gasteiger partial charge in [0.1, 0.15) is 11.8 Å². The molecule has 0 saturated heterocycles. The number of anilines is 1. The van der Waals surface area contributed by atoms with Crippen molar-refractivity contribution in [1.29, 1.82) is 5.26 Å². The molecule has 0 atom stereocenters. The fraction of sp³-hybridized carbons (Fsp3) is 0.429. The van der Waals surface area contributed by atoms with Crippen molar-refractivity contribution in [3.63, 3.8) is 0 Å². The Balaban J connectivity index is 2.38. The van der Waals surface area contributed by atoms with Gasteiger partial charge in [-0.05, 0) is 30.7 Å². The van der Waals surface area contributed by atoms with Crippen LogP contribution in [0.15, 0.2) is 24.3 Å². The van der Waals surface area contributed by atoms with E-state index in [1.807, 2.05) is 6.07 Å². The highest BCUT2D eigenvalue weighted by Gasteiger charge is 2.02. The first-order valence-electron chi connectivity index (χ1n) is 6.16. The molecule has 0 spiro atoms. The lowest BCUT2D eigenvalue weighted by Gasteiger charge is -2.06. The summed E-state index contributed by atoms with van der Waals surface area (Å²) in [5.74, 6) is 0.662. The van der Waals surface area contributed by atoms with E-state index in [2.05, 4.69) is 12.2 Å². The third-order valence-corrected chi connectivity index (χ3v) is 2.45. The number of rotatable bonds is 7. The van der Waals surface area contributed by atoms with Crippen molar-refractivity contribution >= 4 is 11.6 Å². The highest BCUT2D eigenvalue weighted by atomic mass is 16.5. The molecule has 4 nitrogen and oxygen atoms in total. The number of carbonyl (C=O) groups excluding carboxylic acids is 1. The van der Waals surface area contributed by atoms with E-state index in [0.29, 0.717) is 12.2 Å². The van der Waals surface area contributed by atoms with E-state index in [9.17, 15) is 4.79 Å². The SMILES string of the molecule is CCCCCC(=O)Nc1ccc(OCC#N)cc1. The average Bonchev–Trinajstić information content (AvgIpc) is 2.38. The second-order valence-corrected chi connectivity index (χ2v) is 3.98. The first-order valence-corrected chi connectivity index (χ1v) is 6.16. The molecular formula is C14H18N2O2. The Kier molecular flexibility index (Phi) is 6.34. The third-order valence-electron chi connectivity index (χ3n) is 2.45. The van der Waals surface area contributed by atoms with Crippen LogP contribution in [0.4, 0.5) is 5.69 Å². The standard InChI is InChI=1S/C14H18N2O2/c1-2-3-4-5-14(17)16-12-6-8-13(9-7-12)18-11-10-15/h6-9H,2-5,11H2,1H3,(H,16,17). The number of benzene rings is 1. The van der Waals surface area contributed by atoms with Gasteiger partial charge < -0.3 is 10.1 Å². The Bertz CT molecular complexity index is 407. The molecule has 0 bridgehead atoms. The minimum absolute atomic E-state index is 0.0305. The predicted octanol–water partition coefficient (Wildman–Crippen LogP) is 3.11. The molecule has 0 aliphatic carbocycles. The largest absolute Gasteiger partial charge is 0.479 e. The maximum absolute atomic E-state index is 11.6. The number of hydrogen-bond acceptors (Lipinski definition) is 3. The van der Waals surface area contributed by atoms with Crippen LogP contribution in [0.5, 0.6) is 5.75 Å². The monoisotopic (exact) mass is 246 g/mol. The Morgan fingerprint density at radius 1 is 1.33 bits per heavy atom. The fourth-order valence-electron chi connectivity index (χ4n) is 1.51. The van der Waals surface area contributed by atoms with Gasteiger partial charge in [0.15, 0.2) is 6.61 Å². The van der Waals surface area contributed by atoms with Crippen molar-refractivity contribution in [1.82, 2.24) is 0 Å². The summed E-state index contributed by atoms with van der Waals surface area (Å²) < 4.78 is 5.12. The summed E-state index contributed by atoms with van der Waals surface area (Å²) in [4.78, 5) is 11.6. The lowest BCUT2D eigenvalue weighted by atomic mass is 10.2. The maximum Gasteiger partial charge on any atom is 0.224 e. The predicted molar refractivity (Wildman–Crippen MR) is 70.3 cm³/mol. The highest BCUT2D eigenvalue weighted by Crippen LogP contribution is 2.16. The Hall–Kier alpha value is -2.02. The van der Waals surface area contributed by atoms with E-state index in [1.54, 1.807) is 24.3 Å². The van der Waals surface area contributed by atoms with Gasteiger partial charge in [0, 0.05) is 12.1 Å². The van der Waals surface area contributed by atoms with Gasteiger partial charge in [-0.2, -0.15) is 5.26 Å². The molecule has 0 saturated carbocycles. The van der Waals surface area contributed by atoms with Crippen molar-refractivity contribution in [2.24, 2.45) is 0 Å². The number of amides is 1. The zero-order chi connectivity index (χ0) is 13.2. The molecule has 96 valence electrons. The number of nitrogens with one attached hydrogen (secondary N) is 1. The Morgan fingerprint density at radius 2 is 2.06 bits per heavy atom. The van der Waals surface area contributed by atoms with Crippen LogP contribution in [0.2, 0.25) is 0 Å². The second kappa shape index (κ2) is 8.13. The van der Waals surface area contributed by atoms with Crippen molar-refractivity contribution in [2.45, 2.75) is 32.6 Å². The average molecular weight is 246 g/mol. The van der Waals surface area contributed by atoms with Crippen LogP contribution in [0, 0.1) is 11.3 Å². The summed E-state index contributed by atoms with van der Waals surface area (Å²) in [7, 11) is 0. The van der Waals surface area contributed by atoms with Crippen LogP contribution in [0.3, 0.4) is 0 Å². The third kappa shape index (κ3) is 5.35. The molecule has 1 N–H and O–H groups in total. The number of nitrogens with zero attached hydrogens (tertiary/aromatic N) is 1. The van der Waals surface area contributed by atoms with Crippen LogP contribution in [-0.2, 0) is 4.79 Å². The van der Waals surface area contributed by atoms with Crippen LogP contribution >= 0.6 is 0 Å². The summed E-state index contributed by atoms with van der Waals surface area (Å²) in [5.41, 5.74) is 0.751. The van der Waals surface area contributed by atoms with Crippen LogP contribution in [0.1, 0.15) is 32.6 Å². The van der Waals surface area contributed by atoms with E-state index >= 15 is 0 Å². The van der Waals surface area contributed by atoms with E-state index in [0.717, 1.165) is 24.9 Å². The number of carbonyl (C=O) groups is 1. The number of ether oxygens (including phenoxy) is 1. The summed E-state index contributed by atoms with van der Waals surface area (Å²) in [6.45, 7) is 2.14. The van der Waals surface area contributed by atoms with Gasteiger partial charge >= 0.3 is 0 Å². The number of nitriles is 1. The molecule has 1 rings (SSSR count). The van der Waals surface area contributed by atoms with Gasteiger partial charge in [-0.3, -0.25) is 4.79 Å². The zero-order valence-electron chi connectivity index (χ0n) is 10.6. The normalized spacial score (nSPS) is 9.56. The second-order valence-electron chi connectivity index (χ2n) is 3.98. The smallest absolute Gasteiger partial charge is 0.224 e. The lowest BCUT2D eigenvalue weighted by Crippen LogP contribution is -2.10. The van der Waals surface area contributed by atoms with Gasteiger partial charge in [0.2, 0.25) is 5.91 Å². The molecule has 0 radical (unpaired) electrons. The maximum atomic E-state index is 11.6. The molecule has 1 aromatic rings. The van der Waals surface area contributed by atoms with E-state index in [1.165, 1.54) is 0 Å². The molecule has 0 aliphatic rings. The van der Waals surface area contributed by atoms with Crippen molar-refractivity contribution in [3.05, 3.63) is 24.3 Å². The summed E-state index contributed by atoms with van der Waals surface area (Å²) in [6.07, 6.45) is 3.67. The Labute approximate surface area is 108 Å². The molecule has 18 heavy (non-hydrogen) atoms. The first kappa shape index (κ1) is 14.0. The van der Waals surface area contributed by atoms with E-state index in [-0.39, 0.29) is 12.5 Å². The fourth-order valence-corrected chi connectivity index (χ4v) is 1.51. The van der Waals surface area contributed by atoms with Gasteiger partial charge in [0.25, 0.3) is 0 Å². The minimum Gasteiger partial charge on any atom is -0.479 e. The van der Waals surface area contributed by atoms with Crippen LogP contribution < -0.4 is 10.1 Å². The van der Waals surface area contributed by atoms with Gasteiger partial charge in [-0.1, -0.05) is 19.8 Å². The molecule has 0 heterocycles. The molecule has 0 unspecified atom stereocenters. The summed E-state index contributed by atoms with van der Waals surface area (Å²) in [5, 5.41) is 11.2.